The number of fused-ring (bicyclic) bond motifs is 1. The van der Waals surface area contributed by atoms with Crippen LogP contribution >= 0.6 is 0 Å². The van der Waals surface area contributed by atoms with Crippen molar-refractivity contribution in [1.82, 2.24) is 0 Å². The zero-order valence-corrected chi connectivity index (χ0v) is 21.9. The fourth-order valence-corrected chi connectivity index (χ4v) is 4.44. The number of hydrogen-bond donors (Lipinski definition) is 1. The van der Waals surface area contributed by atoms with Gasteiger partial charge in [-0.2, -0.15) is 0 Å². The van der Waals surface area contributed by atoms with Crippen LogP contribution in [-0.4, -0.2) is 26.2 Å². The van der Waals surface area contributed by atoms with Crippen LogP contribution in [0.3, 0.4) is 0 Å². The highest BCUT2D eigenvalue weighted by atomic mass is 16.5. The molecule has 7 heteroatoms. The number of ether oxygens (including phenoxy) is 3. The number of anilines is 1. The van der Waals surface area contributed by atoms with E-state index in [4.69, 9.17) is 18.6 Å². The van der Waals surface area contributed by atoms with Gasteiger partial charge in [-0.15, -0.1) is 0 Å². The molecule has 1 atom stereocenters. The lowest BCUT2D eigenvalue weighted by molar-refractivity contribution is -0.122. The highest BCUT2D eigenvalue weighted by molar-refractivity contribution is 5.96. The van der Waals surface area contributed by atoms with Gasteiger partial charge in [-0.25, -0.2) is 0 Å². The SMILES string of the molecule is CCC(Oc1c(-c2ccc(OC)c(OC)c2)oc2ccccc2c1=O)C(=O)Nc1c(C)cc(C)cc1C. The third kappa shape index (κ3) is 5.16. The summed E-state index contributed by atoms with van der Waals surface area (Å²) in [5.74, 6) is 0.829. The quantitative estimate of drug-likeness (QED) is 0.309. The zero-order chi connectivity index (χ0) is 26.7. The Balaban J connectivity index is 1.79. The number of hydrogen-bond acceptors (Lipinski definition) is 6. The van der Waals surface area contributed by atoms with Gasteiger partial charge in [0, 0.05) is 11.3 Å². The molecule has 4 rings (SSSR count). The third-order valence-corrected chi connectivity index (χ3v) is 6.25. The summed E-state index contributed by atoms with van der Waals surface area (Å²) >= 11 is 0. The van der Waals surface area contributed by atoms with E-state index in [-0.39, 0.29) is 22.8 Å². The van der Waals surface area contributed by atoms with Gasteiger partial charge in [-0.05, 0) is 68.7 Å². The Morgan fingerprint density at radius 2 is 1.62 bits per heavy atom. The monoisotopic (exact) mass is 501 g/mol. The summed E-state index contributed by atoms with van der Waals surface area (Å²) in [7, 11) is 3.08. The molecule has 1 heterocycles. The molecular formula is C30H31NO6. The van der Waals surface area contributed by atoms with Crippen LogP contribution in [0.15, 0.2) is 63.8 Å². The van der Waals surface area contributed by atoms with E-state index >= 15 is 0 Å². The minimum Gasteiger partial charge on any atom is -0.493 e. The normalized spacial score (nSPS) is 11.7. The maximum absolute atomic E-state index is 13.6. The molecule has 1 unspecified atom stereocenters. The van der Waals surface area contributed by atoms with Crippen LogP contribution in [-0.2, 0) is 4.79 Å². The van der Waals surface area contributed by atoms with Crippen molar-refractivity contribution in [1.29, 1.82) is 0 Å². The van der Waals surface area contributed by atoms with Crippen LogP contribution < -0.4 is 25.0 Å². The zero-order valence-electron chi connectivity index (χ0n) is 21.9. The Morgan fingerprint density at radius 3 is 2.27 bits per heavy atom. The lowest BCUT2D eigenvalue weighted by Gasteiger charge is -2.20. The molecule has 0 radical (unpaired) electrons. The van der Waals surface area contributed by atoms with Gasteiger partial charge in [-0.3, -0.25) is 9.59 Å². The number of carbonyl (C=O) groups excluding carboxylic acids is 1. The number of rotatable bonds is 8. The van der Waals surface area contributed by atoms with Crippen LogP contribution in [0.1, 0.15) is 30.0 Å². The molecule has 0 saturated carbocycles. The second kappa shape index (κ2) is 10.8. The smallest absolute Gasteiger partial charge is 0.265 e. The van der Waals surface area contributed by atoms with E-state index in [9.17, 15) is 9.59 Å². The van der Waals surface area contributed by atoms with E-state index < -0.39 is 6.10 Å². The molecule has 3 aromatic carbocycles. The fourth-order valence-electron chi connectivity index (χ4n) is 4.44. The Labute approximate surface area is 216 Å². The third-order valence-electron chi connectivity index (χ3n) is 6.25. The first-order valence-electron chi connectivity index (χ1n) is 12.1. The van der Waals surface area contributed by atoms with Crippen molar-refractivity contribution in [3.63, 3.8) is 0 Å². The summed E-state index contributed by atoms with van der Waals surface area (Å²) in [5.41, 5.74) is 4.37. The van der Waals surface area contributed by atoms with Crippen molar-refractivity contribution >= 4 is 22.6 Å². The fraction of sp³-hybridized carbons (Fsp3) is 0.267. The molecule has 0 bridgehead atoms. The van der Waals surface area contributed by atoms with Crippen LogP contribution in [0.25, 0.3) is 22.3 Å². The maximum Gasteiger partial charge on any atom is 0.265 e. The van der Waals surface area contributed by atoms with Crippen molar-refractivity contribution in [2.75, 3.05) is 19.5 Å². The molecule has 0 fully saturated rings. The average molecular weight is 502 g/mol. The number of carbonyl (C=O) groups is 1. The van der Waals surface area contributed by atoms with Gasteiger partial charge in [0.25, 0.3) is 5.91 Å². The highest BCUT2D eigenvalue weighted by Crippen LogP contribution is 2.37. The number of amides is 1. The number of methoxy groups -OCH3 is 2. The first-order chi connectivity index (χ1) is 17.8. The molecule has 1 aromatic heterocycles. The van der Waals surface area contributed by atoms with E-state index in [1.165, 1.54) is 7.11 Å². The average Bonchev–Trinajstić information content (AvgIpc) is 2.89. The molecule has 37 heavy (non-hydrogen) atoms. The maximum atomic E-state index is 13.6. The van der Waals surface area contributed by atoms with E-state index in [0.717, 1.165) is 22.4 Å². The molecule has 192 valence electrons. The van der Waals surface area contributed by atoms with Crippen LogP contribution in [0.2, 0.25) is 0 Å². The Hall–Kier alpha value is -4.26. The van der Waals surface area contributed by atoms with E-state index in [1.807, 2.05) is 39.8 Å². The van der Waals surface area contributed by atoms with Crippen LogP contribution in [0, 0.1) is 20.8 Å². The van der Waals surface area contributed by atoms with Gasteiger partial charge in [0.05, 0.1) is 19.6 Å². The van der Waals surface area contributed by atoms with Gasteiger partial charge in [-0.1, -0.05) is 36.8 Å². The second-order valence-corrected chi connectivity index (χ2v) is 8.93. The minimum absolute atomic E-state index is 0.0368. The summed E-state index contributed by atoms with van der Waals surface area (Å²) in [6.07, 6.45) is -0.587. The Bertz CT molecular complexity index is 1500. The highest BCUT2D eigenvalue weighted by Gasteiger charge is 2.26. The summed E-state index contributed by atoms with van der Waals surface area (Å²) in [6.45, 7) is 7.74. The largest absolute Gasteiger partial charge is 0.493 e. The first kappa shape index (κ1) is 25.8. The van der Waals surface area contributed by atoms with Crippen molar-refractivity contribution in [3.05, 3.63) is 81.5 Å². The molecule has 1 amide bonds. The number of nitrogens with one attached hydrogen (secondary N) is 1. The molecule has 0 aliphatic heterocycles. The van der Waals surface area contributed by atoms with Gasteiger partial charge >= 0.3 is 0 Å². The summed E-state index contributed by atoms with van der Waals surface area (Å²) in [4.78, 5) is 26.9. The second-order valence-electron chi connectivity index (χ2n) is 8.93. The Kier molecular flexibility index (Phi) is 7.53. The molecule has 1 N–H and O–H groups in total. The topological polar surface area (TPSA) is 87.0 Å². The number of aryl methyl sites for hydroxylation is 3. The summed E-state index contributed by atoms with van der Waals surface area (Å²) < 4.78 is 23.1. The molecule has 0 aliphatic carbocycles. The molecule has 0 spiro atoms. The molecule has 7 nitrogen and oxygen atoms in total. The van der Waals surface area contributed by atoms with Crippen molar-refractivity contribution < 1.29 is 23.4 Å². The predicted octanol–water partition coefficient (Wildman–Crippen LogP) is 6.20. The van der Waals surface area contributed by atoms with Gasteiger partial charge < -0.3 is 23.9 Å². The van der Waals surface area contributed by atoms with Crippen LogP contribution in [0.4, 0.5) is 5.69 Å². The molecule has 4 aromatic rings. The lowest BCUT2D eigenvalue weighted by atomic mass is 10.0. The van der Waals surface area contributed by atoms with E-state index in [0.29, 0.717) is 34.5 Å². The standard InChI is InChI=1S/C30H31NO6/c1-7-22(30(33)31-26-18(3)14-17(2)15-19(26)4)36-29-27(32)21-10-8-9-11-23(21)37-28(29)20-12-13-24(34-5)25(16-20)35-6/h8-16,22H,7H2,1-6H3,(H,31,33). The van der Waals surface area contributed by atoms with Crippen molar-refractivity contribution in [2.45, 2.75) is 40.2 Å². The van der Waals surface area contributed by atoms with E-state index in [2.05, 4.69) is 5.32 Å². The van der Waals surface area contributed by atoms with Crippen LogP contribution in [0.5, 0.6) is 17.2 Å². The summed E-state index contributed by atoms with van der Waals surface area (Å²) in [5, 5.41) is 3.36. The van der Waals surface area contributed by atoms with Gasteiger partial charge in [0.2, 0.25) is 11.2 Å². The van der Waals surface area contributed by atoms with Gasteiger partial charge in [0.15, 0.2) is 23.4 Å². The molecular weight excluding hydrogens is 470 g/mol. The predicted molar refractivity (Wildman–Crippen MR) is 145 cm³/mol. The lowest BCUT2D eigenvalue weighted by Crippen LogP contribution is -2.34. The first-order valence-corrected chi connectivity index (χ1v) is 12.1. The number of para-hydroxylation sites is 1. The van der Waals surface area contributed by atoms with E-state index in [1.54, 1.807) is 49.6 Å². The molecule has 0 saturated heterocycles. The Morgan fingerprint density at radius 1 is 0.946 bits per heavy atom. The van der Waals surface area contributed by atoms with Crippen molar-refractivity contribution in [3.8, 4) is 28.6 Å². The minimum atomic E-state index is -0.928. The molecule has 0 aliphatic rings. The number of benzene rings is 3. The summed E-state index contributed by atoms with van der Waals surface area (Å²) in [6, 6.07) is 16.1. The van der Waals surface area contributed by atoms with Crippen molar-refractivity contribution in [2.24, 2.45) is 0 Å². The van der Waals surface area contributed by atoms with Gasteiger partial charge in [0.1, 0.15) is 5.58 Å².